The number of hydrogen-bond acceptors (Lipinski definition) is 22. The van der Waals surface area contributed by atoms with Gasteiger partial charge in [0.2, 0.25) is 0 Å². The van der Waals surface area contributed by atoms with Crippen molar-refractivity contribution in [3.63, 3.8) is 0 Å². The first-order chi connectivity index (χ1) is 59.2. The molecule has 8 aliphatic rings. The zero-order chi connectivity index (χ0) is 92.9. The first-order valence-electron chi connectivity index (χ1n) is 39.6. The van der Waals surface area contributed by atoms with Gasteiger partial charge < -0.3 is 61.8 Å². The monoisotopic (exact) mass is 1810 g/mol. The number of nitrogens with zero attached hydrogens (tertiary/aromatic N) is 1. The summed E-state index contributed by atoms with van der Waals surface area (Å²) >= 11 is 23.6. The summed E-state index contributed by atoms with van der Waals surface area (Å²) in [6.07, 6.45) is 3.65. The maximum Gasteiger partial charge on any atom is 0.259 e. The topological polar surface area (TPSA) is 447 Å². The van der Waals surface area contributed by atoms with Crippen molar-refractivity contribution in [2.75, 3.05) is 59.0 Å². The van der Waals surface area contributed by atoms with Crippen LogP contribution in [0.5, 0.6) is 0 Å². The molecule has 3 spiro atoms. The minimum absolute atomic E-state index is 0.0319. The fraction of sp³-hybridized carbons (Fsp3) is 0.326. The van der Waals surface area contributed by atoms with E-state index < -0.39 is 120 Å². The first kappa shape index (κ1) is 95.7. The highest BCUT2D eigenvalue weighted by Gasteiger charge is 2.56. The van der Waals surface area contributed by atoms with Crippen LogP contribution in [0.1, 0.15) is 173 Å². The zero-order valence-electron chi connectivity index (χ0n) is 69.7. The predicted octanol–water partition coefficient (Wildman–Crippen LogP) is 11.3. The van der Waals surface area contributed by atoms with Gasteiger partial charge >= 0.3 is 0 Å². The number of halogens is 6. The molecule has 34 heteroatoms. The molecule has 6 amide bonds. The maximum absolute atomic E-state index is 14.3. The minimum Gasteiger partial charge on any atom is -0.506 e. The number of amides is 6. The molecule has 0 radical (unpaired) electrons. The number of ketones is 10. The van der Waals surface area contributed by atoms with E-state index in [0.717, 1.165) is 23.6 Å². The van der Waals surface area contributed by atoms with Crippen LogP contribution in [-0.4, -0.2) is 183 Å². The van der Waals surface area contributed by atoms with Crippen molar-refractivity contribution in [3.05, 3.63) is 236 Å². The van der Waals surface area contributed by atoms with Gasteiger partial charge in [-0.2, -0.15) is 0 Å². The highest BCUT2D eigenvalue weighted by Crippen LogP contribution is 2.53. The molecule has 2 aliphatic heterocycles. The van der Waals surface area contributed by atoms with Gasteiger partial charge in [-0.3, -0.25) is 76.7 Å². The van der Waals surface area contributed by atoms with Crippen molar-refractivity contribution in [3.8, 4) is 0 Å². The van der Waals surface area contributed by atoms with Gasteiger partial charge in [-0.05, 0) is 184 Å². The van der Waals surface area contributed by atoms with Crippen LogP contribution >= 0.6 is 46.4 Å². The number of piperidine rings is 1. The van der Waals surface area contributed by atoms with E-state index in [9.17, 15) is 111 Å². The largest absolute Gasteiger partial charge is 0.506 e. The molecule has 2 saturated heterocycles. The van der Waals surface area contributed by atoms with Gasteiger partial charge in [0.25, 0.3) is 35.4 Å². The molecule has 6 aromatic carbocycles. The SMILES string of the molecule is CC(=O)CNC(=O)C1=C(O)c2cc(Cl)c(F)cc2C(C)(C)C1=O.CC(=O)CNC(=O)C1=C(O)c2cc(Cl)ccc2C2(CCC2)C1=O.CC(=O)CNC(=O)C1=C(O)c2cc(Cl)ccc2C2(CCN(C(=O)c3ccccc3)CC2)C1=O.CC(=O)CNC(=O)C1=C(O)c2ccc(Cl)c(F)c2C(C)(C)C1=O.CC(=O)CNC(=O)C1=C(O)c2ccccc2C2(CCOCC2)C1=O. The van der Waals surface area contributed by atoms with Crippen LogP contribution < -0.4 is 26.6 Å². The third-order valence-corrected chi connectivity index (χ3v) is 24.1. The van der Waals surface area contributed by atoms with Crippen molar-refractivity contribution < 1.29 is 116 Å². The van der Waals surface area contributed by atoms with Crippen molar-refractivity contribution in [1.29, 1.82) is 0 Å². The number of benzene rings is 6. The highest BCUT2D eigenvalue weighted by atomic mass is 35.5. The van der Waals surface area contributed by atoms with Crippen molar-refractivity contribution in [2.24, 2.45) is 0 Å². The average Bonchev–Trinajstić information content (AvgIpc) is 0.714. The van der Waals surface area contributed by atoms with Gasteiger partial charge in [0.05, 0.1) is 69.8 Å². The minimum atomic E-state index is -1.39. The fourth-order valence-corrected chi connectivity index (χ4v) is 16.9. The van der Waals surface area contributed by atoms with Gasteiger partial charge in [-0.25, -0.2) is 8.78 Å². The predicted molar refractivity (Wildman–Crippen MR) is 460 cm³/mol. The van der Waals surface area contributed by atoms with Crippen LogP contribution in [0, 0.1) is 11.6 Å². The van der Waals surface area contributed by atoms with Gasteiger partial charge in [0.1, 0.15) is 97.2 Å². The molecule has 6 aliphatic carbocycles. The Morgan fingerprint density at radius 3 is 1.13 bits per heavy atom. The summed E-state index contributed by atoms with van der Waals surface area (Å²) in [5.41, 5.74) is -3.02. The second-order valence-corrected chi connectivity index (χ2v) is 34.0. The van der Waals surface area contributed by atoms with E-state index in [0.29, 0.717) is 89.8 Å². The molecule has 3 fully saturated rings. The van der Waals surface area contributed by atoms with Crippen molar-refractivity contribution in [2.45, 2.75) is 134 Å². The van der Waals surface area contributed by atoms with Crippen molar-refractivity contribution in [1.82, 2.24) is 31.5 Å². The molecule has 0 unspecified atom stereocenters. The number of rotatable bonds is 16. The quantitative estimate of drug-likeness (QED) is 0.0402. The standard InChI is InChI=1S/C25H23ClN2O5.C18H19NO5.C17H16ClNO4.2C16H15ClFNO4/c1-15(29)14-27-23(32)20-21(30)18-13-17(26)7-8-19(18)25(22(20)31)9-11-28(12-10-25)24(33)16-5-3-2-4-6-16;1-11(20)10-19-17(23)14-15(21)12-4-2-3-5-13(12)18(16(14)22)6-8-24-9-7-18;1-9(20)8-19-16(23)13-14(21)11-7-10(18)3-4-12(11)17(15(13)22)5-2-6-17;1-7(20)6-19-15(23)12-13(21)8-4-10(17)11(18)5-9(8)16(2,3)14(12)22;1-7(20)6-19-15(23)10-13(21)8-4-5-9(17)12(18)11(8)16(2,3)14(10)22/h2-8,13,30H,9-12,14H2,1H3,(H,27,32);2-5,21H,6-10H2,1H3,(H,19,23);3-4,7,21H,2,5-6,8H2,1H3,(H,19,23);2*4-5,21H,6H2,1-3H3,(H,19,23). The summed E-state index contributed by atoms with van der Waals surface area (Å²) in [5, 5.41) is 64.5. The Kier molecular flexibility index (Phi) is 29.3. The Bertz CT molecular complexity index is 5800. The molecule has 0 bridgehead atoms. The number of Topliss-reactive ketones (excluding diaryl/α,β-unsaturated/α-hetero) is 10. The summed E-state index contributed by atoms with van der Waals surface area (Å²) in [6, 6.07) is 30.7. The van der Waals surface area contributed by atoms with Crippen LogP contribution in [0.15, 0.2) is 143 Å². The fourth-order valence-electron chi connectivity index (χ4n) is 16.3. The van der Waals surface area contributed by atoms with Gasteiger partial charge in [-0.1, -0.05) is 107 Å². The summed E-state index contributed by atoms with van der Waals surface area (Å²) < 4.78 is 33.4. The third-order valence-electron chi connectivity index (χ3n) is 23.0. The number of likely N-dealkylation sites (tertiary alicyclic amines) is 1. The summed E-state index contributed by atoms with van der Waals surface area (Å²) in [6.45, 7) is 12.8. The molecular weight excluding hydrogens is 1720 g/mol. The van der Waals surface area contributed by atoms with Gasteiger partial charge in [0.15, 0.2) is 28.9 Å². The Labute approximate surface area is 740 Å². The number of hydrogen-bond donors (Lipinski definition) is 10. The van der Waals surface area contributed by atoms with E-state index in [-0.39, 0.29) is 147 Å². The second kappa shape index (κ2) is 38.6. The Hall–Kier alpha value is -12.5. The second-order valence-electron chi connectivity index (χ2n) is 32.3. The number of fused-ring (bicyclic) bond motifs is 8. The maximum atomic E-state index is 14.3. The van der Waals surface area contributed by atoms with Crippen LogP contribution in [-0.2, 0) is 104 Å². The van der Waals surface area contributed by atoms with Crippen LogP contribution in [0.2, 0.25) is 20.1 Å². The lowest BCUT2D eigenvalue weighted by molar-refractivity contribution is -0.130. The summed E-state index contributed by atoms with van der Waals surface area (Å²) in [7, 11) is 0. The molecule has 660 valence electrons. The van der Waals surface area contributed by atoms with E-state index in [1.807, 2.05) is 18.2 Å². The van der Waals surface area contributed by atoms with Crippen molar-refractivity contribution >= 4 is 168 Å². The number of nitrogens with one attached hydrogen (secondary N) is 5. The number of aliphatic hydroxyl groups is 5. The normalized spacial score (nSPS) is 17.4. The summed E-state index contributed by atoms with van der Waals surface area (Å²) in [5.74, 6) is -12.0. The number of carbonyl (C=O) groups excluding carboxylic acids is 16. The van der Waals surface area contributed by atoms with E-state index >= 15 is 0 Å². The van der Waals surface area contributed by atoms with Gasteiger partial charge in [-0.15, -0.1) is 0 Å². The lowest BCUT2D eigenvalue weighted by atomic mass is 9.57. The zero-order valence-corrected chi connectivity index (χ0v) is 72.7. The highest BCUT2D eigenvalue weighted by molar-refractivity contribution is 6.36. The Balaban J connectivity index is 0.000000166. The molecule has 10 N–H and O–H groups in total. The van der Waals surface area contributed by atoms with E-state index in [2.05, 4.69) is 26.6 Å². The Morgan fingerprint density at radius 1 is 0.381 bits per heavy atom. The van der Waals surface area contributed by atoms with Crippen LogP contribution in [0.3, 0.4) is 0 Å². The molecule has 1 saturated carbocycles. The molecule has 2 heterocycles. The lowest BCUT2D eigenvalue weighted by Crippen LogP contribution is -2.52. The molecule has 126 heavy (non-hydrogen) atoms. The molecule has 6 aromatic rings. The smallest absolute Gasteiger partial charge is 0.259 e. The third kappa shape index (κ3) is 18.9. The number of ether oxygens (including phenoxy) is 1. The number of aliphatic hydroxyl groups excluding tert-OH is 5. The molecule has 14 rings (SSSR count). The Morgan fingerprint density at radius 2 is 0.730 bits per heavy atom. The van der Waals surface area contributed by atoms with Crippen LogP contribution in [0.25, 0.3) is 28.8 Å². The molecule has 0 aromatic heterocycles. The lowest BCUT2D eigenvalue weighted by Gasteiger charge is -2.44. The molecule has 28 nitrogen and oxygen atoms in total. The average molecular weight is 1810 g/mol. The molecular formula is C92H88Cl4F2N6O22. The summed E-state index contributed by atoms with van der Waals surface area (Å²) in [4.78, 5) is 197. The van der Waals surface area contributed by atoms with E-state index in [1.54, 1.807) is 71.6 Å². The van der Waals surface area contributed by atoms with Gasteiger partial charge in [0, 0.05) is 75.3 Å². The van der Waals surface area contributed by atoms with E-state index in [1.165, 1.54) is 86.6 Å². The molecule has 0 atom stereocenters. The van der Waals surface area contributed by atoms with E-state index in [4.69, 9.17) is 51.1 Å². The first-order valence-corrected chi connectivity index (χ1v) is 41.1. The van der Waals surface area contributed by atoms with Crippen LogP contribution in [0.4, 0.5) is 8.78 Å². The number of carbonyl (C=O) groups is 16.